The molecule has 3 aromatic carbocycles. The zero-order valence-corrected chi connectivity index (χ0v) is 14.4. The van der Waals surface area contributed by atoms with E-state index in [2.05, 4.69) is 9.55 Å². The van der Waals surface area contributed by atoms with Crippen LogP contribution in [0, 0.1) is 5.82 Å². The third-order valence-electron chi connectivity index (χ3n) is 4.98. The molecule has 5 rings (SSSR count). The molecule has 0 fully saturated rings. The Morgan fingerprint density at radius 1 is 0.926 bits per heavy atom. The third-order valence-corrected chi connectivity index (χ3v) is 4.98. The van der Waals surface area contributed by atoms with Gasteiger partial charge in [0.1, 0.15) is 11.6 Å². The van der Waals surface area contributed by atoms with Crippen LogP contribution in [0.1, 0.15) is 23.6 Å². The Morgan fingerprint density at radius 2 is 1.67 bits per heavy atom. The number of benzene rings is 3. The molecular formula is C22H16FN3O. The van der Waals surface area contributed by atoms with Gasteiger partial charge in [0.2, 0.25) is 5.95 Å². The maximum atomic E-state index is 13.5. The Balaban J connectivity index is 1.74. The molecule has 27 heavy (non-hydrogen) atoms. The minimum absolute atomic E-state index is 0.0832. The smallest absolute Gasteiger partial charge is 0.231 e. The largest absolute Gasteiger partial charge is 0.507 e. The number of fused-ring (bicyclic) bond motifs is 3. The van der Waals surface area contributed by atoms with Crippen molar-refractivity contribution < 1.29 is 9.50 Å². The molecule has 0 saturated heterocycles. The molecular weight excluding hydrogens is 341 g/mol. The standard InChI is InChI=1S/C22H16FN3O/c23-15-11-9-14(10-12-15)20-13-18(16-5-1-4-8-21(16)27)25-22-24-17-6-2-3-7-19(17)26(20)22/h1-12,20,27H,13H2/t20-/m0/s1. The zero-order valence-electron chi connectivity index (χ0n) is 14.4. The lowest BCUT2D eigenvalue weighted by Gasteiger charge is -2.26. The summed E-state index contributed by atoms with van der Waals surface area (Å²) in [7, 11) is 0. The predicted octanol–water partition coefficient (Wildman–Crippen LogP) is 4.99. The molecule has 0 aliphatic carbocycles. The molecule has 1 aliphatic rings. The molecule has 4 nitrogen and oxygen atoms in total. The van der Waals surface area contributed by atoms with E-state index < -0.39 is 0 Å². The molecule has 5 heteroatoms. The lowest BCUT2D eigenvalue weighted by Crippen LogP contribution is -2.20. The van der Waals surface area contributed by atoms with Gasteiger partial charge in [-0.2, -0.15) is 0 Å². The zero-order chi connectivity index (χ0) is 18.4. The van der Waals surface area contributed by atoms with Crippen molar-refractivity contribution in [1.29, 1.82) is 0 Å². The quantitative estimate of drug-likeness (QED) is 0.549. The highest BCUT2D eigenvalue weighted by Crippen LogP contribution is 2.38. The maximum Gasteiger partial charge on any atom is 0.231 e. The molecule has 1 N–H and O–H groups in total. The number of aliphatic imine (C=N–C) groups is 1. The number of rotatable bonds is 2. The number of phenolic OH excluding ortho intramolecular Hbond substituents is 1. The number of aromatic hydroxyl groups is 1. The van der Waals surface area contributed by atoms with Crippen molar-refractivity contribution >= 4 is 22.7 Å². The molecule has 1 atom stereocenters. The van der Waals surface area contributed by atoms with Gasteiger partial charge < -0.3 is 9.67 Å². The summed E-state index contributed by atoms with van der Waals surface area (Å²) in [6.45, 7) is 0. The van der Waals surface area contributed by atoms with E-state index in [1.165, 1.54) is 12.1 Å². The number of imidazole rings is 1. The minimum Gasteiger partial charge on any atom is -0.507 e. The van der Waals surface area contributed by atoms with E-state index in [1.54, 1.807) is 24.3 Å². The summed E-state index contributed by atoms with van der Waals surface area (Å²) in [5.41, 5.74) is 4.29. The van der Waals surface area contributed by atoms with E-state index in [9.17, 15) is 9.50 Å². The molecule has 0 saturated carbocycles. The summed E-state index contributed by atoms with van der Waals surface area (Å²) >= 11 is 0. The van der Waals surface area contributed by atoms with Crippen LogP contribution >= 0.6 is 0 Å². The van der Waals surface area contributed by atoms with Crippen molar-refractivity contribution in [2.24, 2.45) is 4.99 Å². The van der Waals surface area contributed by atoms with Crippen molar-refractivity contribution in [2.45, 2.75) is 12.5 Å². The average Bonchev–Trinajstić information content (AvgIpc) is 3.07. The van der Waals surface area contributed by atoms with E-state index in [0.29, 0.717) is 17.9 Å². The Hall–Kier alpha value is -3.47. The van der Waals surface area contributed by atoms with E-state index >= 15 is 0 Å². The summed E-state index contributed by atoms with van der Waals surface area (Å²) in [6, 6.07) is 21.5. The number of hydrogen-bond acceptors (Lipinski definition) is 3. The fourth-order valence-corrected chi connectivity index (χ4v) is 3.70. The van der Waals surface area contributed by atoms with Crippen LogP contribution in [0.4, 0.5) is 10.3 Å². The molecule has 0 radical (unpaired) electrons. The molecule has 0 unspecified atom stereocenters. The Bertz CT molecular complexity index is 1180. The van der Waals surface area contributed by atoms with Gasteiger partial charge in [-0.05, 0) is 42.0 Å². The second kappa shape index (κ2) is 6.06. The molecule has 0 spiro atoms. The average molecular weight is 357 g/mol. The van der Waals surface area contributed by atoms with Gasteiger partial charge in [-0.15, -0.1) is 0 Å². The van der Waals surface area contributed by atoms with Crippen LogP contribution in [-0.4, -0.2) is 20.4 Å². The van der Waals surface area contributed by atoms with Crippen molar-refractivity contribution in [3.8, 4) is 5.75 Å². The number of phenols is 1. The van der Waals surface area contributed by atoms with Crippen molar-refractivity contribution in [3.63, 3.8) is 0 Å². The van der Waals surface area contributed by atoms with Gasteiger partial charge in [-0.1, -0.05) is 36.4 Å². The predicted molar refractivity (Wildman–Crippen MR) is 103 cm³/mol. The Morgan fingerprint density at radius 3 is 2.48 bits per heavy atom. The lowest BCUT2D eigenvalue weighted by atomic mass is 9.95. The third kappa shape index (κ3) is 2.59. The van der Waals surface area contributed by atoms with Crippen LogP contribution in [-0.2, 0) is 0 Å². The highest BCUT2D eigenvalue weighted by atomic mass is 19.1. The first-order valence-electron chi connectivity index (χ1n) is 8.79. The Kier molecular flexibility index (Phi) is 3.53. The molecule has 132 valence electrons. The number of hydrogen-bond donors (Lipinski definition) is 1. The number of nitrogens with zero attached hydrogens (tertiary/aromatic N) is 3. The van der Waals surface area contributed by atoms with Crippen LogP contribution in [0.2, 0.25) is 0 Å². The highest BCUT2D eigenvalue weighted by Gasteiger charge is 2.28. The van der Waals surface area contributed by atoms with Crippen LogP contribution in [0.3, 0.4) is 0 Å². The van der Waals surface area contributed by atoms with Crippen LogP contribution < -0.4 is 0 Å². The van der Waals surface area contributed by atoms with Gasteiger partial charge in [0.15, 0.2) is 0 Å². The van der Waals surface area contributed by atoms with E-state index in [0.717, 1.165) is 22.3 Å². The lowest BCUT2D eigenvalue weighted by molar-refractivity contribution is 0.473. The number of halogens is 1. The van der Waals surface area contributed by atoms with Gasteiger partial charge in [0.05, 0.1) is 22.8 Å². The van der Waals surface area contributed by atoms with Crippen LogP contribution in [0.5, 0.6) is 5.75 Å². The topological polar surface area (TPSA) is 50.4 Å². The van der Waals surface area contributed by atoms with E-state index in [4.69, 9.17) is 4.99 Å². The first kappa shape index (κ1) is 15.8. The molecule has 0 amide bonds. The first-order valence-corrected chi connectivity index (χ1v) is 8.79. The second-order valence-electron chi connectivity index (χ2n) is 6.62. The van der Waals surface area contributed by atoms with Gasteiger partial charge >= 0.3 is 0 Å². The molecule has 4 aromatic rings. The van der Waals surface area contributed by atoms with E-state index in [-0.39, 0.29) is 17.6 Å². The molecule has 2 heterocycles. The van der Waals surface area contributed by atoms with Gasteiger partial charge in [-0.25, -0.2) is 14.4 Å². The summed E-state index contributed by atoms with van der Waals surface area (Å²) in [5, 5.41) is 10.3. The van der Waals surface area contributed by atoms with Gasteiger partial charge in [0.25, 0.3) is 0 Å². The van der Waals surface area contributed by atoms with Crippen LogP contribution in [0.25, 0.3) is 11.0 Å². The molecule has 1 aromatic heterocycles. The normalized spacial score (nSPS) is 16.2. The first-order chi connectivity index (χ1) is 13.2. The molecule has 0 bridgehead atoms. The van der Waals surface area contributed by atoms with E-state index in [1.807, 2.05) is 36.4 Å². The summed E-state index contributed by atoms with van der Waals surface area (Å²) in [6.07, 6.45) is 0.580. The highest BCUT2D eigenvalue weighted by molar-refractivity contribution is 6.05. The number of para-hydroxylation sites is 3. The van der Waals surface area contributed by atoms with Crippen molar-refractivity contribution in [2.75, 3.05) is 0 Å². The minimum atomic E-state index is -0.264. The summed E-state index contributed by atoms with van der Waals surface area (Å²) in [5.74, 6) is 0.522. The fraction of sp³-hybridized carbons (Fsp3) is 0.0909. The van der Waals surface area contributed by atoms with Crippen molar-refractivity contribution in [1.82, 2.24) is 9.55 Å². The van der Waals surface area contributed by atoms with Gasteiger partial charge in [0, 0.05) is 12.0 Å². The SMILES string of the molecule is Oc1ccccc1C1=Nc2nc3ccccc3n2[C@H](c2ccc(F)cc2)C1. The van der Waals surface area contributed by atoms with Crippen molar-refractivity contribution in [3.05, 3.63) is 89.7 Å². The summed E-state index contributed by atoms with van der Waals surface area (Å²) < 4.78 is 15.6. The van der Waals surface area contributed by atoms with Gasteiger partial charge in [-0.3, -0.25) is 0 Å². The second-order valence-corrected chi connectivity index (χ2v) is 6.62. The monoisotopic (exact) mass is 357 g/mol. The maximum absolute atomic E-state index is 13.5. The van der Waals surface area contributed by atoms with Crippen LogP contribution in [0.15, 0.2) is 77.8 Å². The fourth-order valence-electron chi connectivity index (χ4n) is 3.70. The Labute approximate surface area is 155 Å². The summed E-state index contributed by atoms with van der Waals surface area (Å²) in [4.78, 5) is 9.41. The molecule has 1 aliphatic heterocycles. The number of aromatic nitrogens is 2.